The van der Waals surface area contributed by atoms with E-state index in [1.165, 1.54) is 0 Å². The smallest absolute Gasteiger partial charge is 0.144 e. The van der Waals surface area contributed by atoms with Gasteiger partial charge in [0.2, 0.25) is 0 Å². The Hall–Kier alpha value is -1.67. The number of rotatable bonds is 3. The fourth-order valence-corrected chi connectivity index (χ4v) is 1.80. The topological polar surface area (TPSA) is 26.0 Å². The van der Waals surface area contributed by atoms with E-state index >= 15 is 0 Å². The first-order valence-corrected chi connectivity index (χ1v) is 5.69. The molecule has 0 amide bonds. The minimum atomic E-state index is -1.17. The predicted octanol–water partition coefficient (Wildman–Crippen LogP) is 3.71. The van der Waals surface area contributed by atoms with Crippen LogP contribution in [0.4, 0.5) is 4.39 Å². The number of halogens is 1. The number of benzene rings is 2. The van der Waals surface area contributed by atoms with Crippen LogP contribution in [0.3, 0.4) is 0 Å². The molecule has 0 saturated carbocycles. The summed E-state index contributed by atoms with van der Waals surface area (Å²) in [5.41, 5.74) is 8.55. The molecule has 0 radical (unpaired) electrons. The van der Waals surface area contributed by atoms with E-state index in [2.05, 4.69) is 0 Å². The van der Waals surface area contributed by atoms with Crippen LogP contribution in [0.25, 0.3) is 0 Å². The first-order valence-electron chi connectivity index (χ1n) is 5.69. The Bertz CT molecular complexity index is 464. The van der Waals surface area contributed by atoms with Crippen molar-refractivity contribution in [3.63, 3.8) is 0 Å². The van der Waals surface area contributed by atoms with Gasteiger partial charge in [0.25, 0.3) is 0 Å². The van der Waals surface area contributed by atoms with Crippen molar-refractivity contribution in [1.29, 1.82) is 0 Å². The Morgan fingerprint density at radius 1 is 0.882 bits per heavy atom. The van der Waals surface area contributed by atoms with E-state index in [4.69, 9.17) is 5.73 Å². The average Bonchev–Trinajstić information content (AvgIpc) is 2.39. The van der Waals surface area contributed by atoms with Crippen molar-refractivity contribution in [2.45, 2.75) is 19.1 Å². The molecule has 0 unspecified atom stereocenters. The molecule has 0 bridgehead atoms. The third kappa shape index (κ3) is 2.71. The van der Waals surface area contributed by atoms with Gasteiger partial charge < -0.3 is 5.73 Å². The minimum Gasteiger partial charge on any atom is -0.321 e. The number of nitrogens with two attached hydrogens (primary N) is 1. The highest BCUT2D eigenvalue weighted by molar-refractivity contribution is 5.28. The van der Waals surface area contributed by atoms with Crippen molar-refractivity contribution < 1.29 is 4.39 Å². The fourth-order valence-electron chi connectivity index (χ4n) is 1.80. The van der Waals surface area contributed by atoms with Gasteiger partial charge in [-0.1, -0.05) is 60.2 Å². The summed E-state index contributed by atoms with van der Waals surface area (Å²) in [6.45, 7) is 2.00. The Kier molecular flexibility index (Phi) is 3.55. The van der Waals surface area contributed by atoms with Crippen LogP contribution in [0.1, 0.15) is 28.9 Å². The van der Waals surface area contributed by atoms with Crippen LogP contribution < -0.4 is 5.73 Å². The van der Waals surface area contributed by atoms with Gasteiger partial charge in [-0.2, -0.15) is 0 Å². The van der Waals surface area contributed by atoms with E-state index in [-0.39, 0.29) is 0 Å². The van der Waals surface area contributed by atoms with Crippen LogP contribution in [-0.4, -0.2) is 0 Å². The molecule has 88 valence electrons. The molecule has 2 aromatic carbocycles. The maximum absolute atomic E-state index is 14.2. The van der Waals surface area contributed by atoms with Gasteiger partial charge >= 0.3 is 0 Å². The SMILES string of the molecule is Cc1ccc([C@@H](N)[C@@H](F)c2ccccc2)cc1. The van der Waals surface area contributed by atoms with E-state index in [1.54, 1.807) is 12.1 Å². The molecule has 2 rings (SSSR count). The zero-order chi connectivity index (χ0) is 12.3. The van der Waals surface area contributed by atoms with Crippen LogP contribution in [-0.2, 0) is 0 Å². The summed E-state index contributed by atoms with van der Waals surface area (Å²) in [6.07, 6.45) is -1.17. The molecular weight excluding hydrogens is 213 g/mol. The summed E-state index contributed by atoms with van der Waals surface area (Å²) in [5.74, 6) is 0. The zero-order valence-electron chi connectivity index (χ0n) is 9.81. The third-order valence-electron chi connectivity index (χ3n) is 2.90. The normalized spacial score (nSPS) is 14.3. The maximum atomic E-state index is 14.2. The fraction of sp³-hybridized carbons (Fsp3) is 0.200. The molecule has 2 aromatic rings. The van der Waals surface area contributed by atoms with Crippen molar-refractivity contribution >= 4 is 0 Å². The maximum Gasteiger partial charge on any atom is 0.144 e. The quantitative estimate of drug-likeness (QED) is 0.853. The second-order valence-electron chi connectivity index (χ2n) is 4.25. The van der Waals surface area contributed by atoms with Crippen LogP contribution in [0.5, 0.6) is 0 Å². The molecule has 0 heterocycles. The molecule has 2 heteroatoms. The molecule has 0 aliphatic rings. The summed E-state index contributed by atoms with van der Waals surface area (Å²) in [5, 5.41) is 0. The second kappa shape index (κ2) is 5.11. The monoisotopic (exact) mass is 229 g/mol. The predicted molar refractivity (Wildman–Crippen MR) is 68.4 cm³/mol. The van der Waals surface area contributed by atoms with Gasteiger partial charge in [-0.25, -0.2) is 4.39 Å². The number of hydrogen-bond donors (Lipinski definition) is 1. The number of aryl methyl sites for hydroxylation is 1. The highest BCUT2D eigenvalue weighted by Crippen LogP contribution is 2.30. The molecular formula is C15H16FN. The first kappa shape index (κ1) is 11.8. The van der Waals surface area contributed by atoms with Gasteiger partial charge in [-0.3, -0.25) is 0 Å². The highest BCUT2D eigenvalue weighted by atomic mass is 19.1. The Morgan fingerprint density at radius 2 is 1.47 bits per heavy atom. The molecule has 0 fully saturated rings. The lowest BCUT2D eigenvalue weighted by Gasteiger charge is -2.17. The summed E-state index contributed by atoms with van der Waals surface area (Å²) < 4.78 is 14.2. The number of hydrogen-bond acceptors (Lipinski definition) is 1. The average molecular weight is 229 g/mol. The molecule has 1 nitrogen and oxygen atoms in total. The van der Waals surface area contributed by atoms with E-state index in [1.807, 2.05) is 49.4 Å². The highest BCUT2D eigenvalue weighted by Gasteiger charge is 2.20. The molecule has 2 atom stereocenters. The van der Waals surface area contributed by atoms with Gasteiger partial charge in [0.15, 0.2) is 0 Å². The van der Waals surface area contributed by atoms with Crippen molar-refractivity contribution in [3.8, 4) is 0 Å². The standard InChI is InChI=1S/C15H16FN/c1-11-7-9-13(10-8-11)15(17)14(16)12-5-3-2-4-6-12/h2-10,14-15H,17H2,1H3/t14-,15+/m0/s1. The van der Waals surface area contributed by atoms with Crippen LogP contribution in [0, 0.1) is 6.92 Å². The van der Waals surface area contributed by atoms with Gasteiger partial charge in [0.05, 0.1) is 6.04 Å². The summed E-state index contributed by atoms with van der Waals surface area (Å²) >= 11 is 0. The van der Waals surface area contributed by atoms with Crippen molar-refractivity contribution in [3.05, 3.63) is 71.3 Å². The molecule has 0 saturated heterocycles. The number of alkyl halides is 1. The van der Waals surface area contributed by atoms with E-state index in [0.29, 0.717) is 5.56 Å². The van der Waals surface area contributed by atoms with E-state index < -0.39 is 12.2 Å². The van der Waals surface area contributed by atoms with Gasteiger partial charge in [0, 0.05) is 0 Å². The summed E-state index contributed by atoms with van der Waals surface area (Å²) in [4.78, 5) is 0. The molecule has 0 aromatic heterocycles. The van der Waals surface area contributed by atoms with Crippen LogP contribution >= 0.6 is 0 Å². The molecule has 0 aliphatic heterocycles. The van der Waals surface area contributed by atoms with E-state index in [0.717, 1.165) is 11.1 Å². The Morgan fingerprint density at radius 3 is 2.06 bits per heavy atom. The zero-order valence-corrected chi connectivity index (χ0v) is 9.81. The first-order chi connectivity index (χ1) is 8.18. The van der Waals surface area contributed by atoms with Crippen molar-refractivity contribution in [1.82, 2.24) is 0 Å². The summed E-state index contributed by atoms with van der Waals surface area (Å²) in [7, 11) is 0. The Balaban J connectivity index is 2.20. The lowest BCUT2D eigenvalue weighted by atomic mass is 9.97. The van der Waals surface area contributed by atoms with Crippen LogP contribution in [0.2, 0.25) is 0 Å². The third-order valence-corrected chi connectivity index (χ3v) is 2.90. The van der Waals surface area contributed by atoms with E-state index in [9.17, 15) is 4.39 Å². The second-order valence-corrected chi connectivity index (χ2v) is 4.25. The van der Waals surface area contributed by atoms with Crippen molar-refractivity contribution in [2.75, 3.05) is 0 Å². The van der Waals surface area contributed by atoms with Gasteiger partial charge in [0.1, 0.15) is 6.17 Å². The molecule has 0 spiro atoms. The van der Waals surface area contributed by atoms with Crippen molar-refractivity contribution in [2.24, 2.45) is 5.73 Å². The molecule has 2 N–H and O–H groups in total. The molecule has 0 aliphatic carbocycles. The Labute approximate surface area is 101 Å². The minimum absolute atomic E-state index is 0.613. The van der Waals surface area contributed by atoms with Gasteiger partial charge in [-0.15, -0.1) is 0 Å². The lowest BCUT2D eigenvalue weighted by Crippen LogP contribution is -2.16. The lowest BCUT2D eigenvalue weighted by molar-refractivity contribution is 0.291. The van der Waals surface area contributed by atoms with Gasteiger partial charge in [-0.05, 0) is 18.1 Å². The summed E-state index contributed by atoms with van der Waals surface area (Å²) in [6, 6.07) is 16.1. The largest absolute Gasteiger partial charge is 0.321 e. The molecule has 17 heavy (non-hydrogen) atoms. The van der Waals surface area contributed by atoms with Crippen LogP contribution in [0.15, 0.2) is 54.6 Å².